The van der Waals surface area contributed by atoms with Gasteiger partial charge in [0.05, 0.1) is 18.2 Å². The second kappa shape index (κ2) is 9.67. The predicted octanol–water partition coefficient (Wildman–Crippen LogP) is 4.84. The molecule has 5 nitrogen and oxygen atoms in total. The molecule has 2 unspecified atom stereocenters. The minimum Gasteiger partial charge on any atom is -0.395 e. The van der Waals surface area contributed by atoms with Crippen LogP contribution >= 0.6 is 0 Å². The Morgan fingerprint density at radius 2 is 1.80 bits per heavy atom. The summed E-state index contributed by atoms with van der Waals surface area (Å²) in [6, 6.07) is 7.34. The molecule has 2 atom stereocenters. The Bertz CT molecular complexity index is 950. The van der Waals surface area contributed by atoms with E-state index in [4.69, 9.17) is 4.98 Å². The zero-order chi connectivity index (χ0) is 20.9. The van der Waals surface area contributed by atoms with Gasteiger partial charge in [0.25, 0.3) is 0 Å². The Hall–Kier alpha value is -2.31. The maximum absolute atomic E-state index is 15.5. The standard InChI is InChI=1S/C24H31FN4O/c1-26-22(17-7-5-3-2-4-6-8-17)24-28-20-10-9-18(21(25)23(20)29-24)19(15-30)16-11-13-27-14-12-16/h9-14,17,19,22,26,30H,2-8,15H2,1H3,(H,28,29). The Labute approximate surface area is 177 Å². The number of benzene rings is 1. The highest BCUT2D eigenvalue weighted by molar-refractivity contribution is 5.77. The molecule has 0 aliphatic heterocycles. The van der Waals surface area contributed by atoms with Gasteiger partial charge in [-0.2, -0.15) is 0 Å². The molecule has 0 spiro atoms. The van der Waals surface area contributed by atoms with Gasteiger partial charge in [0, 0.05) is 23.9 Å². The lowest BCUT2D eigenvalue weighted by molar-refractivity contribution is 0.278. The molecule has 0 amide bonds. The van der Waals surface area contributed by atoms with E-state index in [0.717, 1.165) is 11.4 Å². The average Bonchev–Trinajstić information content (AvgIpc) is 3.18. The van der Waals surface area contributed by atoms with Crippen molar-refractivity contribution >= 4 is 11.0 Å². The van der Waals surface area contributed by atoms with Gasteiger partial charge in [-0.1, -0.05) is 38.2 Å². The van der Waals surface area contributed by atoms with Gasteiger partial charge in [0.15, 0.2) is 5.82 Å². The maximum Gasteiger partial charge on any atom is 0.154 e. The first-order valence-corrected chi connectivity index (χ1v) is 11.1. The van der Waals surface area contributed by atoms with Gasteiger partial charge in [-0.3, -0.25) is 4.98 Å². The first-order valence-electron chi connectivity index (χ1n) is 11.1. The van der Waals surface area contributed by atoms with E-state index in [1.54, 1.807) is 18.5 Å². The van der Waals surface area contributed by atoms with Crippen molar-refractivity contribution in [1.29, 1.82) is 0 Å². The highest BCUT2D eigenvalue weighted by Crippen LogP contribution is 2.34. The van der Waals surface area contributed by atoms with Crippen molar-refractivity contribution in [2.75, 3.05) is 13.7 Å². The van der Waals surface area contributed by atoms with Crippen molar-refractivity contribution in [2.24, 2.45) is 5.92 Å². The second-order valence-corrected chi connectivity index (χ2v) is 8.37. The number of nitrogens with one attached hydrogen (secondary N) is 2. The molecule has 1 aliphatic carbocycles. The van der Waals surface area contributed by atoms with Gasteiger partial charge in [-0.05, 0) is 49.6 Å². The SMILES string of the molecule is CNC(c1nc2c(F)c(C(CO)c3ccncc3)ccc2[nH]1)C1CCCCCCC1. The molecule has 1 aliphatic rings. The van der Waals surface area contributed by atoms with Crippen LogP contribution in [0.1, 0.15) is 73.9 Å². The Balaban J connectivity index is 1.67. The molecule has 1 fully saturated rings. The Kier molecular flexibility index (Phi) is 6.75. The first-order chi connectivity index (χ1) is 14.7. The molecule has 4 rings (SSSR count). The summed E-state index contributed by atoms with van der Waals surface area (Å²) in [5.41, 5.74) is 2.34. The zero-order valence-corrected chi connectivity index (χ0v) is 17.6. The molecule has 30 heavy (non-hydrogen) atoms. The molecule has 160 valence electrons. The van der Waals surface area contributed by atoms with E-state index >= 15 is 4.39 Å². The number of hydrogen-bond donors (Lipinski definition) is 3. The lowest BCUT2D eigenvalue weighted by Crippen LogP contribution is -2.27. The van der Waals surface area contributed by atoms with Crippen LogP contribution < -0.4 is 5.32 Å². The molecular formula is C24H31FN4O. The number of pyridine rings is 1. The number of H-pyrrole nitrogens is 1. The third-order valence-corrected chi connectivity index (χ3v) is 6.53. The summed E-state index contributed by atoms with van der Waals surface area (Å²) in [7, 11) is 1.96. The summed E-state index contributed by atoms with van der Waals surface area (Å²) in [6.07, 6.45) is 12.1. The average molecular weight is 411 g/mol. The number of aliphatic hydroxyl groups excluding tert-OH is 1. The first kappa shape index (κ1) is 20.9. The number of aromatic amines is 1. The monoisotopic (exact) mass is 410 g/mol. The number of rotatable bonds is 6. The zero-order valence-electron chi connectivity index (χ0n) is 17.6. The summed E-state index contributed by atoms with van der Waals surface area (Å²) < 4.78 is 15.5. The Morgan fingerprint density at radius 3 is 2.47 bits per heavy atom. The smallest absolute Gasteiger partial charge is 0.154 e. The van der Waals surface area contributed by atoms with Crippen LogP contribution in [0.15, 0.2) is 36.7 Å². The summed E-state index contributed by atoms with van der Waals surface area (Å²) in [5.74, 6) is 0.501. The molecule has 0 saturated heterocycles. The van der Waals surface area contributed by atoms with Gasteiger partial charge in [0.2, 0.25) is 0 Å². The van der Waals surface area contributed by atoms with Crippen molar-refractivity contribution < 1.29 is 9.50 Å². The molecule has 0 radical (unpaired) electrons. The highest BCUT2D eigenvalue weighted by atomic mass is 19.1. The van der Waals surface area contributed by atoms with Crippen LogP contribution in [-0.2, 0) is 0 Å². The molecule has 1 saturated carbocycles. The lowest BCUT2D eigenvalue weighted by Gasteiger charge is -2.27. The van der Waals surface area contributed by atoms with Crippen molar-refractivity contribution in [1.82, 2.24) is 20.3 Å². The van der Waals surface area contributed by atoms with Gasteiger partial charge >= 0.3 is 0 Å². The van der Waals surface area contributed by atoms with Crippen molar-refractivity contribution in [3.8, 4) is 0 Å². The fourth-order valence-electron chi connectivity index (χ4n) is 4.89. The fourth-order valence-corrected chi connectivity index (χ4v) is 4.89. The number of halogens is 1. The van der Waals surface area contributed by atoms with E-state index in [1.807, 2.05) is 25.2 Å². The lowest BCUT2D eigenvalue weighted by atomic mass is 9.85. The van der Waals surface area contributed by atoms with Crippen LogP contribution in [0.4, 0.5) is 4.39 Å². The molecule has 0 bridgehead atoms. The normalized spacial score (nSPS) is 18.1. The van der Waals surface area contributed by atoms with Crippen LogP contribution in [0.25, 0.3) is 11.0 Å². The van der Waals surface area contributed by atoms with Gasteiger partial charge < -0.3 is 15.4 Å². The van der Waals surface area contributed by atoms with Gasteiger partial charge in [0.1, 0.15) is 11.3 Å². The number of hydrogen-bond acceptors (Lipinski definition) is 4. The number of fused-ring (bicyclic) bond motifs is 1. The number of nitrogens with zero attached hydrogens (tertiary/aromatic N) is 2. The quantitative estimate of drug-likeness (QED) is 0.543. The minimum absolute atomic E-state index is 0.0900. The maximum atomic E-state index is 15.5. The highest BCUT2D eigenvalue weighted by Gasteiger charge is 2.27. The summed E-state index contributed by atoms with van der Waals surface area (Å²) in [6.45, 7) is -0.176. The van der Waals surface area contributed by atoms with Crippen molar-refractivity contribution in [3.05, 3.63) is 59.4 Å². The summed E-state index contributed by atoms with van der Waals surface area (Å²) >= 11 is 0. The second-order valence-electron chi connectivity index (χ2n) is 8.37. The van der Waals surface area contributed by atoms with Crippen LogP contribution in [0.3, 0.4) is 0 Å². The molecular weight excluding hydrogens is 379 g/mol. The molecule has 2 aromatic heterocycles. The third-order valence-electron chi connectivity index (χ3n) is 6.53. The molecule has 2 heterocycles. The predicted molar refractivity (Wildman–Crippen MR) is 117 cm³/mol. The molecule has 1 aromatic carbocycles. The van der Waals surface area contributed by atoms with E-state index < -0.39 is 5.92 Å². The largest absolute Gasteiger partial charge is 0.395 e. The summed E-state index contributed by atoms with van der Waals surface area (Å²) in [5, 5.41) is 13.4. The van der Waals surface area contributed by atoms with Crippen molar-refractivity contribution in [3.63, 3.8) is 0 Å². The van der Waals surface area contributed by atoms with Crippen LogP contribution in [0.5, 0.6) is 0 Å². The van der Waals surface area contributed by atoms with E-state index in [2.05, 4.69) is 15.3 Å². The van der Waals surface area contributed by atoms with E-state index in [1.165, 1.54) is 44.9 Å². The van der Waals surface area contributed by atoms with E-state index in [9.17, 15) is 5.11 Å². The van der Waals surface area contributed by atoms with E-state index in [0.29, 0.717) is 22.5 Å². The van der Waals surface area contributed by atoms with Crippen LogP contribution in [0.2, 0.25) is 0 Å². The van der Waals surface area contributed by atoms with Gasteiger partial charge in [-0.15, -0.1) is 0 Å². The summed E-state index contributed by atoms with van der Waals surface area (Å²) in [4.78, 5) is 12.1. The number of imidazole rings is 1. The van der Waals surface area contributed by atoms with E-state index in [-0.39, 0.29) is 18.5 Å². The fraction of sp³-hybridized carbons (Fsp3) is 0.500. The Morgan fingerprint density at radius 1 is 1.10 bits per heavy atom. The van der Waals surface area contributed by atoms with Crippen LogP contribution in [0, 0.1) is 11.7 Å². The molecule has 3 aromatic rings. The minimum atomic E-state index is -0.441. The third kappa shape index (κ3) is 4.25. The van der Waals surface area contributed by atoms with Gasteiger partial charge in [-0.25, -0.2) is 9.37 Å². The number of aromatic nitrogens is 3. The molecule has 6 heteroatoms. The number of aliphatic hydroxyl groups is 1. The molecule has 3 N–H and O–H groups in total. The van der Waals surface area contributed by atoms with Crippen molar-refractivity contribution in [2.45, 2.75) is 56.9 Å². The van der Waals surface area contributed by atoms with Crippen LogP contribution in [-0.4, -0.2) is 33.7 Å². The topological polar surface area (TPSA) is 73.8 Å².